The first-order chi connectivity index (χ1) is 32.1. The number of benzene rings is 2. The lowest BCUT2D eigenvalue weighted by Gasteiger charge is -2.60. The molecule has 0 radical (unpaired) electrons. The number of piperidine rings is 1. The third-order valence-corrected chi connectivity index (χ3v) is 16.9. The van der Waals surface area contributed by atoms with Crippen molar-refractivity contribution in [1.29, 1.82) is 0 Å². The van der Waals surface area contributed by atoms with Gasteiger partial charge in [-0.15, -0.1) is 0 Å². The minimum Gasteiger partial charge on any atom is -0.384 e. The first kappa shape index (κ1) is 46.6. The van der Waals surface area contributed by atoms with E-state index in [0.29, 0.717) is 102 Å². The van der Waals surface area contributed by atoms with E-state index in [4.69, 9.17) is 17.3 Å². The second-order valence-corrected chi connectivity index (χ2v) is 22.0. The van der Waals surface area contributed by atoms with E-state index < -0.39 is 69.9 Å². The Hall–Kier alpha value is -5.13. The second kappa shape index (κ2) is 16.5. The highest BCUT2D eigenvalue weighted by Crippen LogP contribution is 2.65. The Morgan fingerprint density at radius 1 is 0.956 bits per heavy atom. The average molecular weight is 962 g/mol. The third-order valence-electron chi connectivity index (χ3n) is 16.6. The van der Waals surface area contributed by atoms with Crippen LogP contribution in [0.5, 0.6) is 0 Å². The minimum absolute atomic E-state index is 0.114. The average Bonchev–Trinajstić information content (AvgIpc) is 3.93. The summed E-state index contributed by atoms with van der Waals surface area (Å²) in [4.78, 5) is 78.5. The van der Waals surface area contributed by atoms with Crippen LogP contribution in [0.15, 0.2) is 48.7 Å². The van der Waals surface area contributed by atoms with Crippen LogP contribution in [0.4, 0.5) is 23.2 Å². The van der Waals surface area contributed by atoms with E-state index in [-0.39, 0.29) is 52.4 Å². The van der Waals surface area contributed by atoms with Gasteiger partial charge in [-0.1, -0.05) is 56.6 Å². The Morgan fingerprint density at radius 2 is 1.66 bits per heavy atom. The van der Waals surface area contributed by atoms with E-state index in [9.17, 15) is 37.1 Å². The van der Waals surface area contributed by atoms with E-state index in [1.54, 1.807) is 17.0 Å². The summed E-state index contributed by atoms with van der Waals surface area (Å²) in [6.07, 6.45) is 1.01. The fourth-order valence-electron chi connectivity index (χ4n) is 13.4. The zero-order valence-corrected chi connectivity index (χ0v) is 39.2. The predicted molar refractivity (Wildman–Crippen MR) is 243 cm³/mol. The van der Waals surface area contributed by atoms with Crippen molar-refractivity contribution < 1.29 is 41.5 Å². The zero-order valence-electron chi connectivity index (χ0n) is 38.5. The van der Waals surface area contributed by atoms with Gasteiger partial charge >= 0.3 is 6.18 Å². The van der Waals surface area contributed by atoms with Crippen LogP contribution in [-0.2, 0) is 43.9 Å². The first-order valence-corrected chi connectivity index (χ1v) is 24.1. The summed E-state index contributed by atoms with van der Waals surface area (Å²) in [6, 6.07) is 9.18. The lowest BCUT2D eigenvalue weighted by Crippen LogP contribution is -2.66. The number of carbonyl (C=O) groups is 5. The lowest BCUT2D eigenvalue weighted by atomic mass is 9.55. The van der Waals surface area contributed by atoms with Crippen LogP contribution >= 0.6 is 11.6 Å². The van der Waals surface area contributed by atoms with Gasteiger partial charge in [-0.2, -0.15) is 13.2 Å². The number of nitrogens with two attached hydrogens (primary N) is 1. The van der Waals surface area contributed by atoms with Crippen LogP contribution in [0.1, 0.15) is 123 Å². The number of hydrogen-bond acceptors (Lipinski definition) is 9. The van der Waals surface area contributed by atoms with Gasteiger partial charge in [0.2, 0.25) is 23.6 Å². The van der Waals surface area contributed by atoms with Crippen LogP contribution in [0, 0.1) is 16.6 Å². The molecule has 1 spiro atoms. The molecule has 4 N–H and O–H groups in total. The number of nitrogens with one attached hydrogen (secondary N) is 2. The highest BCUT2D eigenvalue weighted by molar-refractivity contribution is 6.30. The Balaban J connectivity index is 0.880. The van der Waals surface area contributed by atoms with Gasteiger partial charge in [0.05, 0.1) is 11.1 Å². The molecule has 13 nitrogen and oxygen atoms in total. The van der Waals surface area contributed by atoms with E-state index in [2.05, 4.69) is 46.2 Å². The van der Waals surface area contributed by atoms with Gasteiger partial charge in [0.15, 0.2) is 0 Å². The standard InChI is InChI=1S/C50H57ClF4N8O5/c1-46(2,3)23-37-49(27-58-34-22-36(50(53,54)55)57-24-32(34)49)39(31-5-4-6-33(51)40(31)52)41(42(56)65)63(37)48-14-11-47(12-15-48,13-16-48)45(68)61-19-17-60(18-20-61)25-28-7-8-30-29(21-28)26-62(44(30)67)35-9-10-38(64)59-43(35)66/h4-8,21-22,24,35,37,39,41,58H,9-20,23,25-27H2,1-3H3,(H2,56,65)(H,59,64,66)/t35?,37-,39-,41+,47?,48?,49-/m0/s1. The van der Waals surface area contributed by atoms with Crippen molar-refractivity contribution in [2.24, 2.45) is 16.6 Å². The Bertz CT molecular complexity index is 2590. The number of likely N-dealkylation sites (tertiary alicyclic amines) is 1. The number of piperazine rings is 1. The fourth-order valence-corrected chi connectivity index (χ4v) is 13.6. The van der Waals surface area contributed by atoms with Gasteiger partial charge in [-0.05, 0) is 91.7 Å². The molecule has 18 heteroatoms. The highest BCUT2D eigenvalue weighted by Gasteiger charge is 2.70. The molecule has 3 aliphatic carbocycles. The van der Waals surface area contributed by atoms with Crippen molar-refractivity contribution >= 4 is 46.8 Å². The number of imide groups is 1. The van der Waals surface area contributed by atoms with Gasteiger partial charge in [-0.3, -0.25) is 44.1 Å². The molecule has 3 saturated heterocycles. The highest BCUT2D eigenvalue weighted by atomic mass is 35.5. The third kappa shape index (κ3) is 7.56. The smallest absolute Gasteiger partial charge is 0.384 e. The zero-order chi connectivity index (χ0) is 48.3. The molecule has 1 unspecified atom stereocenters. The molecule has 5 amide bonds. The van der Waals surface area contributed by atoms with Crippen LogP contribution in [0.3, 0.4) is 0 Å². The summed E-state index contributed by atoms with van der Waals surface area (Å²) < 4.78 is 58.8. The SMILES string of the molecule is CC(C)(C)C[C@@H]1N(C23CCC(C(=O)N4CCN(Cc5ccc6c(c5)CN(C5CCC(=O)NC5=O)C6=O)CC4)(CC2)CC3)[C@@H](C(N)=O)[C@H](c2cccc(Cl)c2F)[C@]12CNc1cc(C(F)(F)F)ncc12. The number of rotatable bonds is 8. The maximum absolute atomic E-state index is 16.6. The number of hydrogen-bond donors (Lipinski definition) is 3. The number of primary amides is 1. The summed E-state index contributed by atoms with van der Waals surface area (Å²) in [5.41, 5.74) is 6.05. The quantitative estimate of drug-likeness (QED) is 0.169. The number of amides is 5. The molecular formula is C50H57ClF4N8O5. The number of aromatic nitrogens is 1. The van der Waals surface area contributed by atoms with Gasteiger partial charge in [0.1, 0.15) is 17.6 Å². The number of anilines is 1. The van der Waals surface area contributed by atoms with Gasteiger partial charge in [0.25, 0.3) is 5.91 Å². The van der Waals surface area contributed by atoms with E-state index in [1.165, 1.54) is 12.3 Å². The number of halogens is 5. The van der Waals surface area contributed by atoms with Crippen molar-refractivity contribution in [2.75, 3.05) is 38.0 Å². The van der Waals surface area contributed by atoms with E-state index >= 15 is 4.39 Å². The fraction of sp³-hybridized carbons (Fsp3) is 0.560. The second-order valence-electron chi connectivity index (χ2n) is 21.6. The van der Waals surface area contributed by atoms with E-state index in [1.807, 2.05) is 23.1 Å². The molecule has 8 aliphatic rings. The molecule has 3 saturated carbocycles. The summed E-state index contributed by atoms with van der Waals surface area (Å²) in [5.74, 6) is -3.16. The van der Waals surface area contributed by atoms with Crippen molar-refractivity contribution in [2.45, 2.75) is 133 Å². The van der Waals surface area contributed by atoms with Crippen molar-refractivity contribution in [3.63, 3.8) is 0 Å². The summed E-state index contributed by atoms with van der Waals surface area (Å²) in [5, 5.41) is 5.46. The predicted octanol–water partition coefficient (Wildman–Crippen LogP) is 6.51. The maximum Gasteiger partial charge on any atom is 0.433 e. The van der Waals surface area contributed by atoms with Crippen LogP contribution in [-0.4, -0.2) is 111 Å². The molecular weight excluding hydrogens is 904 g/mol. The molecule has 2 aromatic carbocycles. The van der Waals surface area contributed by atoms with Crippen LogP contribution < -0.4 is 16.4 Å². The summed E-state index contributed by atoms with van der Waals surface area (Å²) >= 11 is 6.46. The largest absolute Gasteiger partial charge is 0.433 e. The molecule has 1 aromatic heterocycles. The number of carbonyl (C=O) groups excluding carboxylic acids is 5. The number of alkyl halides is 3. The molecule has 6 heterocycles. The normalized spacial score (nSPS) is 30.7. The topological polar surface area (TPSA) is 161 Å². The molecule has 68 heavy (non-hydrogen) atoms. The van der Waals surface area contributed by atoms with Crippen molar-refractivity contribution in [3.8, 4) is 0 Å². The first-order valence-electron chi connectivity index (χ1n) is 23.8. The maximum atomic E-state index is 16.6. The summed E-state index contributed by atoms with van der Waals surface area (Å²) in [6.45, 7) is 9.69. The van der Waals surface area contributed by atoms with E-state index in [0.717, 1.165) is 17.2 Å². The lowest BCUT2D eigenvalue weighted by molar-refractivity contribution is -0.159. The minimum atomic E-state index is -4.70. The monoisotopic (exact) mass is 960 g/mol. The Labute approximate surface area is 397 Å². The molecule has 2 bridgehead atoms. The van der Waals surface area contributed by atoms with Crippen LogP contribution in [0.25, 0.3) is 0 Å². The Kier molecular flexibility index (Phi) is 11.3. The molecule has 6 fully saturated rings. The van der Waals surface area contributed by atoms with Gasteiger partial charge in [0, 0.05) is 104 Å². The molecule has 5 atom stereocenters. The molecule has 5 aliphatic heterocycles. The van der Waals surface area contributed by atoms with Crippen molar-refractivity contribution in [1.82, 2.24) is 29.9 Å². The van der Waals surface area contributed by atoms with Gasteiger partial charge < -0.3 is 20.9 Å². The molecule has 3 aromatic rings. The van der Waals surface area contributed by atoms with Crippen LogP contribution in [0.2, 0.25) is 5.02 Å². The van der Waals surface area contributed by atoms with Crippen molar-refractivity contribution in [3.05, 3.63) is 93.0 Å². The molecule has 362 valence electrons. The Morgan fingerprint density at radius 3 is 2.31 bits per heavy atom. The number of nitrogens with zero attached hydrogens (tertiary/aromatic N) is 5. The van der Waals surface area contributed by atoms with Gasteiger partial charge in [-0.25, -0.2) is 4.39 Å². The molecule has 11 rings (SSSR count). The number of pyridine rings is 1. The summed E-state index contributed by atoms with van der Waals surface area (Å²) in [7, 11) is 0. The number of fused-ring (bicyclic) bond motifs is 6.